The Labute approximate surface area is 114 Å². The van der Waals surface area contributed by atoms with E-state index in [2.05, 4.69) is 44.1 Å². The van der Waals surface area contributed by atoms with Gasteiger partial charge < -0.3 is 5.11 Å². The van der Waals surface area contributed by atoms with Gasteiger partial charge in [-0.05, 0) is 37.0 Å². The van der Waals surface area contributed by atoms with Crippen LogP contribution < -0.4 is 0 Å². The van der Waals surface area contributed by atoms with Gasteiger partial charge in [0.05, 0.1) is 11.8 Å². The highest BCUT2D eigenvalue weighted by Gasteiger charge is 2.15. The summed E-state index contributed by atoms with van der Waals surface area (Å²) in [6.45, 7) is 6.27. The molecule has 2 rings (SSSR count). The third-order valence-electron chi connectivity index (χ3n) is 3.63. The SMILES string of the molecule is CCc1nn(C)cc1C(O)Cc1ccc(C)c(C)c1. The van der Waals surface area contributed by atoms with Crippen molar-refractivity contribution in [1.82, 2.24) is 9.78 Å². The van der Waals surface area contributed by atoms with Crippen molar-refractivity contribution in [2.45, 2.75) is 39.7 Å². The van der Waals surface area contributed by atoms with Gasteiger partial charge in [-0.15, -0.1) is 0 Å². The van der Waals surface area contributed by atoms with Crippen LogP contribution in [0.15, 0.2) is 24.4 Å². The van der Waals surface area contributed by atoms with Gasteiger partial charge in [-0.1, -0.05) is 25.1 Å². The van der Waals surface area contributed by atoms with Crippen LogP contribution in [0.4, 0.5) is 0 Å². The standard InChI is InChI=1S/C16H22N2O/c1-5-15-14(10-18(4)17-15)16(19)9-13-7-6-11(2)12(3)8-13/h6-8,10,16,19H,5,9H2,1-4H3. The maximum absolute atomic E-state index is 10.4. The van der Waals surface area contributed by atoms with Crippen LogP contribution >= 0.6 is 0 Å². The largest absolute Gasteiger partial charge is 0.388 e. The predicted molar refractivity (Wildman–Crippen MR) is 77.2 cm³/mol. The molecule has 3 nitrogen and oxygen atoms in total. The minimum atomic E-state index is -0.481. The smallest absolute Gasteiger partial charge is 0.0863 e. The second-order valence-corrected chi connectivity index (χ2v) is 5.20. The predicted octanol–water partition coefficient (Wildman–Crippen LogP) is 2.88. The van der Waals surface area contributed by atoms with E-state index in [1.807, 2.05) is 13.2 Å². The van der Waals surface area contributed by atoms with Gasteiger partial charge in [0.1, 0.15) is 0 Å². The molecule has 102 valence electrons. The van der Waals surface area contributed by atoms with E-state index >= 15 is 0 Å². The number of aromatic nitrogens is 2. The summed E-state index contributed by atoms with van der Waals surface area (Å²) in [4.78, 5) is 0. The summed E-state index contributed by atoms with van der Waals surface area (Å²) >= 11 is 0. The zero-order valence-corrected chi connectivity index (χ0v) is 12.1. The minimum Gasteiger partial charge on any atom is -0.388 e. The number of benzene rings is 1. The summed E-state index contributed by atoms with van der Waals surface area (Å²) in [5.74, 6) is 0. The van der Waals surface area contributed by atoms with E-state index in [0.717, 1.165) is 17.7 Å². The molecule has 2 aromatic rings. The van der Waals surface area contributed by atoms with Crippen molar-refractivity contribution in [2.24, 2.45) is 7.05 Å². The Hall–Kier alpha value is -1.61. The van der Waals surface area contributed by atoms with Gasteiger partial charge in [0.25, 0.3) is 0 Å². The number of hydrogen-bond donors (Lipinski definition) is 1. The molecule has 0 amide bonds. The van der Waals surface area contributed by atoms with Crippen molar-refractivity contribution in [1.29, 1.82) is 0 Å². The Balaban J connectivity index is 2.20. The highest BCUT2D eigenvalue weighted by molar-refractivity contribution is 5.31. The first-order chi connectivity index (χ1) is 9.01. The van der Waals surface area contributed by atoms with Crippen LogP contribution in [0.25, 0.3) is 0 Å². The molecule has 19 heavy (non-hydrogen) atoms. The monoisotopic (exact) mass is 258 g/mol. The van der Waals surface area contributed by atoms with Crippen molar-refractivity contribution < 1.29 is 5.11 Å². The molecule has 1 unspecified atom stereocenters. The Morgan fingerprint density at radius 2 is 2.00 bits per heavy atom. The Bertz CT molecular complexity index is 572. The summed E-state index contributed by atoms with van der Waals surface area (Å²) in [7, 11) is 1.89. The molecule has 0 spiro atoms. The summed E-state index contributed by atoms with van der Waals surface area (Å²) in [5.41, 5.74) is 5.66. The fourth-order valence-corrected chi connectivity index (χ4v) is 2.37. The average molecular weight is 258 g/mol. The van der Waals surface area contributed by atoms with E-state index in [1.54, 1.807) is 4.68 Å². The van der Waals surface area contributed by atoms with Gasteiger partial charge in [-0.2, -0.15) is 5.10 Å². The summed E-state index contributed by atoms with van der Waals surface area (Å²) in [5, 5.41) is 14.8. The Kier molecular flexibility index (Phi) is 4.05. The fraction of sp³-hybridized carbons (Fsp3) is 0.438. The molecule has 0 radical (unpaired) electrons. The molecule has 0 saturated heterocycles. The first-order valence-electron chi connectivity index (χ1n) is 6.78. The van der Waals surface area contributed by atoms with E-state index in [1.165, 1.54) is 16.7 Å². The average Bonchev–Trinajstić information content (AvgIpc) is 2.75. The molecule has 1 aromatic carbocycles. The van der Waals surface area contributed by atoms with Crippen LogP contribution in [0.5, 0.6) is 0 Å². The summed E-state index contributed by atoms with van der Waals surface area (Å²) in [6.07, 6.45) is 2.93. The van der Waals surface area contributed by atoms with Crippen LogP contribution in [-0.4, -0.2) is 14.9 Å². The molecular weight excluding hydrogens is 236 g/mol. The molecule has 0 aliphatic heterocycles. The molecule has 1 heterocycles. The second-order valence-electron chi connectivity index (χ2n) is 5.20. The van der Waals surface area contributed by atoms with Gasteiger partial charge >= 0.3 is 0 Å². The maximum Gasteiger partial charge on any atom is 0.0863 e. The number of nitrogens with zero attached hydrogens (tertiary/aromatic N) is 2. The second kappa shape index (κ2) is 5.57. The normalized spacial score (nSPS) is 12.7. The third kappa shape index (κ3) is 3.04. The maximum atomic E-state index is 10.4. The van der Waals surface area contributed by atoms with Gasteiger partial charge in [0.15, 0.2) is 0 Å². The van der Waals surface area contributed by atoms with Crippen molar-refractivity contribution in [3.8, 4) is 0 Å². The van der Waals surface area contributed by atoms with Gasteiger partial charge in [-0.3, -0.25) is 4.68 Å². The molecule has 3 heteroatoms. The first-order valence-corrected chi connectivity index (χ1v) is 6.78. The van der Waals surface area contributed by atoms with E-state index < -0.39 is 6.10 Å². The molecule has 0 bridgehead atoms. The summed E-state index contributed by atoms with van der Waals surface area (Å²) < 4.78 is 1.78. The zero-order valence-electron chi connectivity index (χ0n) is 12.1. The van der Waals surface area contributed by atoms with E-state index in [-0.39, 0.29) is 0 Å². The van der Waals surface area contributed by atoms with E-state index in [0.29, 0.717) is 6.42 Å². The van der Waals surface area contributed by atoms with Crippen LogP contribution in [0.2, 0.25) is 0 Å². The number of hydrogen-bond acceptors (Lipinski definition) is 2. The van der Waals surface area contributed by atoms with Gasteiger partial charge in [-0.25, -0.2) is 0 Å². The molecule has 0 aliphatic rings. The topological polar surface area (TPSA) is 38.0 Å². The lowest BCUT2D eigenvalue weighted by Gasteiger charge is -2.11. The van der Waals surface area contributed by atoms with E-state index in [4.69, 9.17) is 0 Å². The number of rotatable bonds is 4. The lowest BCUT2D eigenvalue weighted by Crippen LogP contribution is -2.04. The number of aliphatic hydroxyl groups excluding tert-OH is 1. The van der Waals surface area contributed by atoms with E-state index in [9.17, 15) is 5.11 Å². The molecule has 1 atom stereocenters. The molecule has 1 N–H and O–H groups in total. The fourth-order valence-electron chi connectivity index (χ4n) is 2.37. The zero-order chi connectivity index (χ0) is 14.0. The molecule has 0 fully saturated rings. The third-order valence-corrected chi connectivity index (χ3v) is 3.63. The van der Waals surface area contributed by atoms with Crippen LogP contribution in [0, 0.1) is 13.8 Å². The van der Waals surface area contributed by atoms with Gasteiger partial charge in [0.2, 0.25) is 0 Å². The lowest BCUT2D eigenvalue weighted by molar-refractivity contribution is 0.177. The molecular formula is C16H22N2O. The molecule has 0 aliphatic carbocycles. The van der Waals surface area contributed by atoms with Crippen molar-refractivity contribution in [2.75, 3.05) is 0 Å². The van der Waals surface area contributed by atoms with Crippen LogP contribution in [0.3, 0.4) is 0 Å². The Morgan fingerprint density at radius 3 is 2.63 bits per heavy atom. The van der Waals surface area contributed by atoms with Crippen LogP contribution in [0.1, 0.15) is 41.0 Å². The lowest BCUT2D eigenvalue weighted by atomic mass is 9.98. The quantitative estimate of drug-likeness (QED) is 0.915. The molecule has 0 saturated carbocycles. The van der Waals surface area contributed by atoms with Crippen molar-refractivity contribution >= 4 is 0 Å². The highest BCUT2D eigenvalue weighted by atomic mass is 16.3. The Morgan fingerprint density at radius 1 is 1.26 bits per heavy atom. The van der Waals surface area contributed by atoms with Crippen molar-refractivity contribution in [3.63, 3.8) is 0 Å². The first kappa shape index (κ1) is 13.8. The summed E-state index contributed by atoms with van der Waals surface area (Å²) in [6, 6.07) is 6.36. The molecule has 1 aromatic heterocycles. The number of aryl methyl sites for hydroxylation is 4. The number of aliphatic hydroxyl groups is 1. The van der Waals surface area contributed by atoms with Crippen LogP contribution in [-0.2, 0) is 19.9 Å². The highest BCUT2D eigenvalue weighted by Crippen LogP contribution is 2.22. The van der Waals surface area contributed by atoms with Crippen molar-refractivity contribution in [3.05, 3.63) is 52.3 Å². The minimum absolute atomic E-state index is 0.481. The van der Waals surface area contributed by atoms with Gasteiger partial charge in [0, 0.05) is 25.2 Å².